The standard InChI is InChI=1S/C12H15ClN2O3S/c1-7-4-8(5-7)15-12(16)10-6-9(19(14,17)18)2-3-11(10)13/h2-3,6-8H,4-5H2,1H3,(H,15,16)(H2,14,17,18). The molecule has 0 spiro atoms. The SMILES string of the molecule is CC1CC(NC(=O)c2cc(S(N)(=O)=O)ccc2Cl)C1. The molecule has 1 aromatic carbocycles. The molecule has 1 amide bonds. The Morgan fingerprint density at radius 3 is 2.58 bits per heavy atom. The fourth-order valence-corrected chi connectivity index (χ4v) is 2.88. The third-order valence-electron chi connectivity index (χ3n) is 3.22. The van der Waals surface area contributed by atoms with E-state index in [1.54, 1.807) is 0 Å². The van der Waals surface area contributed by atoms with E-state index >= 15 is 0 Å². The van der Waals surface area contributed by atoms with Crippen molar-refractivity contribution in [3.8, 4) is 0 Å². The molecule has 0 radical (unpaired) electrons. The average molecular weight is 303 g/mol. The van der Waals surface area contributed by atoms with E-state index in [2.05, 4.69) is 12.2 Å². The van der Waals surface area contributed by atoms with E-state index < -0.39 is 10.0 Å². The van der Waals surface area contributed by atoms with Crippen LogP contribution in [0.1, 0.15) is 30.1 Å². The summed E-state index contributed by atoms with van der Waals surface area (Å²) in [7, 11) is -3.84. The number of rotatable bonds is 3. The molecule has 7 heteroatoms. The van der Waals surface area contributed by atoms with Crippen molar-refractivity contribution in [2.45, 2.75) is 30.7 Å². The average Bonchev–Trinajstić information content (AvgIpc) is 2.25. The summed E-state index contributed by atoms with van der Waals surface area (Å²) in [5.41, 5.74) is 0.132. The van der Waals surface area contributed by atoms with Crippen molar-refractivity contribution >= 4 is 27.5 Å². The van der Waals surface area contributed by atoms with Crippen LogP contribution in [0.4, 0.5) is 0 Å². The van der Waals surface area contributed by atoms with Gasteiger partial charge < -0.3 is 5.32 Å². The van der Waals surface area contributed by atoms with Crippen molar-refractivity contribution in [2.75, 3.05) is 0 Å². The first-order valence-corrected chi connectivity index (χ1v) is 7.83. The number of hydrogen-bond acceptors (Lipinski definition) is 3. The van der Waals surface area contributed by atoms with Crippen LogP contribution in [0.2, 0.25) is 5.02 Å². The number of sulfonamides is 1. The molecular formula is C12H15ClN2O3S. The summed E-state index contributed by atoms with van der Waals surface area (Å²) in [6, 6.07) is 3.98. The van der Waals surface area contributed by atoms with Gasteiger partial charge in [-0.25, -0.2) is 13.6 Å². The molecule has 1 fully saturated rings. The van der Waals surface area contributed by atoms with Crippen molar-refractivity contribution in [2.24, 2.45) is 11.1 Å². The van der Waals surface area contributed by atoms with E-state index in [0.29, 0.717) is 5.92 Å². The third-order valence-corrected chi connectivity index (χ3v) is 4.46. The molecule has 104 valence electrons. The van der Waals surface area contributed by atoms with E-state index in [1.165, 1.54) is 18.2 Å². The van der Waals surface area contributed by atoms with Gasteiger partial charge >= 0.3 is 0 Å². The Bertz CT molecular complexity index is 609. The molecule has 2 rings (SSSR count). The summed E-state index contributed by atoms with van der Waals surface area (Å²) in [4.78, 5) is 11.9. The normalized spacial score (nSPS) is 22.7. The molecule has 19 heavy (non-hydrogen) atoms. The number of carbonyl (C=O) groups is 1. The molecule has 0 atom stereocenters. The molecule has 0 aliphatic heterocycles. The zero-order valence-corrected chi connectivity index (χ0v) is 12.0. The molecule has 0 unspecified atom stereocenters. The van der Waals surface area contributed by atoms with Crippen LogP contribution in [0.3, 0.4) is 0 Å². The summed E-state index contributed by atoms with van der Waals surface area (Å²) in [6.07, 6.45) is 1.86. The van der Waals surface area contributed by atoms with Crippen molar-refractivity contribution < 1.29 is 13.2 Å². The number of nitrogens with one attached hydrogen (secondary N) is 1. The van der Waals surface area contributed by atoms with Gasteiger partial charge in [0.15, 0.2) is 0 Å². The van der Waals surface area contributed by atoms with Gasteiger partial charge in [0.2, 0.25) is 10.0 Å². The highest BCUT2D eigenvalue weighted by molar-refractivity contribution is 7.89. The summed E-state index contributed by atoms with van der Waals surface area (Å²) in [5, 5.41) is 8.06. The van der Waals surface area contributed by atoms with Gasteiger partial charge in [-0.05, 0) is 37.0 Å². The van der Waals surface area contributed by atoms with Crippen LogP contribution >= 0.6 is 11.6 Å². The smallest absolute Gasteiger partial charge is 0.253 e. The fourth-order valence-electron chi connectivity index (χ4n) is 2.14. The van der Waals surface area contributed by atoms with Crippen LogP contribution < -0.4 is 10.5 Å². The Morgan fingerprint density at radius 1 is 1.42 bits per heavy atom. The Morgan fingerprint density at radius 2 is 2.05 bits per heavy atom. The fraction of sp³-hybridized carbons (Fsp3) is 0.417. The molecule has 0 heterocycles. The zero-order chi connectivity index (χ0) is 14.2. The molecule has 0 aromatic heterocycles. The number of amides is 1. The summed E-state index contributed by atoms with van der Waals surface area (Å²) in [6.45, 7) is 2.11. The Labute approximate surface area is 117 Å². The number of primary sulfonamides is 1. The third kappa shape index (κ3) is 3.26. The quantitative estimate of drug-likeness (QED) is 0.887. The molecule has 1 aliphatic rings. The second kappa shape index (κ2) is 5.11. The first kappa shape index (κ1) is 14.3. The predicted molar refractivity (Wildman–Crippen MR) is 72.5 cm³/mol. The molecular weight excluding hydrogens is 288 g/mol. The van der Waals surface area contributed by atoms with Crippen molar-refractivity contribution in [3.05, 3.63) is 28.8 Å². The second-order valence-corrected chi connectivity index (χ2v) is 6.90. The molecule has 1 saturated carbocycles. The maximum Gasteiger partial charge on any atom is 0.253 e. The van der Waals surface area contributed by atoms with E-state index in [0.717, 1.165) is 12.8 Å². The monoisotopic (exact) mass is 302 g/mol. The summed E-state index contributed by atoms with van der Waals surface area (Å²) < 4.78 is 22.5. The molecule has 1 aliphatic carbocycles. The van der Waals surface area contributed by atoms with Crippen LogP contribution in [0.25, 0.3) is 0 Å². The minimum Gasteiger partial charge on any atom is -0.349 e. The number of carbonyl (C=O) groups excluding carboxylic acids is 1. The van der Waals surface area contributed by atoms with E-state index in [1.807, 2.05) is 0 Å². The highest BCUT2D eigenvalue weighted by atomic mass is 35.5. The lowest BCUT2D eigenvalue weighted by Gasteiger charge is -2.33. The number of hydrogen-bond donors (Lipinski definition) is 2. The van der Waals surface area contributed by atoms with E-state index in [-0.39, 0.29) is 27.4 Å². The van der Waals surface area contributed by atoms with Gasteiger partial charge in [0.25, 0.3) is 5.91 Å². The zero-order valence-electron chi connectivity index (χ0n) is 10.4. The highest BCUT2D eigenvalue weighted by Gasteiger charge is 2.27. The van der Waals surface area contributed by atoms with Gasteiger partial charge in [-0.2, -0.15) is 0 Å². The topological polar surface area (TPSA) is 89.3 Å². The van der Waals surface area contributed by atoms with Gasteiger partial charge in [0.1, 0.15) is 0 Å². The van der Waals surface area contributed by atoms with Crippen LogP contribution in [-0.4, -0.2) is 20.4 Å². The maximum absolute atomic E-state index is 12.0. The van der Waals surface area contributed by atoms with Crippen molar-refractivity contribution in [1.82, 2.24) is 5.32 Å². The molecule has 0 saturated heterocycles. The predicted octanol–water partition coefficient (Wildman–Crippen LogP) is 1.52. The molecule has 0 bridgehead atoms. The summed E-state index contributed by atoms with van der Waals surface area (Å²) in [5.74, 6) is 0.240. The van der Waals surface area contributed by atoms with Crippen molar-refractivity contribution in [3.63, 3.8) is 0 Å². The van der Waals surface area contributed by atoms with E-state index in [4.69, 9.17) is 16.7 Å². The highest BCUT2D eigenvalue weighted by Crippen LogP contribution is 2.27. The first-order valence-electron chi connectivity index (χ1n) is 5.90. The maximum atomic E-state index is 12.0. The minimum atomic E-state index is -3.84. The van der Waals surface area contributed by atoms with Crippen LogP contribution in [0, 0.1) is 5.92 Å². The van der Waals surface area contributed by atoms with Gasteiger partial charge in [0, 0.05) is 6.04 Å². The van der Waals surface area contributed by atoms with Crippen molar-refractivity contribution in [1.29, 1.82) is 0 Å². The lowest BCUT2D eigenvalue weighted by Crippen LogP contribution is -2.43. The van der Waals surface area contributed by atoms with Gasteiger partial charge in [-0.15, -0.1) is 0 Å². The lowest BCUT2D eigenvalue weighted by atomic mass is 9.82. The minimum absolute atomic E-state index is 0.121. The Balaban J connectivity index is 2.21. The van der Waals surface area contributed by atoms with Crippen LogP contribution in [0.15, 0.2) is 23.1 Å². The Hall–Kier alpha value is -1.11. The van der Waals surface area contributed by atoms with Gasteiger partial charge in [0.05, 0.1) is 15.5 Å². The Kier molecular flexibility index (Phi) is 3.85. The largest absolute Gasteiger partial charge is 0.349 e. The van der Waals surface area contributed by atoms with E-state index in [9.17, 15) is 13.2 Å². The van der Waals surface area contributed by atoms with Gasteiger partial charge in [-0.1, -0.05) is 18.5 Å². The molecule has 5 nitrogen and oxygen atoms in total. The molecule has 1 aromatic rings. The van der Waals surface area contributed by atoms with Crippen LogP contribution in [0.5, 0.6) is 0 Å². The van der Waals surface area contributed by atoms with Gasteiger partial charge in [-0.3, -0.25) is 4.79 Å². The van der Waals surface area contributed by atoms with Crippen LogP contribution in [-0.2, 0) is 10.0 Å². The number of nitrogens with two attached hydrogens (primary N) is 1. The number of halogens is 1. The first-order chi connectivity index (χ1) is 8.77. The summed E-state index contributed by atoms with van der Waals surface area (Å²) >= 11 is 5.92. The lowest BCUT2D eigenvalue weighted by molar-refractivity contribution is 0.0896. The number of benzene rings is 1. The second-order valence-electron chi connectivity index (χ2n) is 4.93. The molecule has 3 N–H and O–H groups in total.